The maximum absolute atomic E-state index is 12.5. The molecule has 0 aliphatic heterocycles. The van der Waals surface area contributed by atoms with Crippen molar-refractivity contribution in [3.05, 3.63) is 24.4 Å². The van der Waals surface area contributed by atoms with Gasteiger partial charge in [-0.1, -0.05) is 6.08 Å². The van der Waals surface area contributed by atoms with E-state index in [1.807, 2.05) is 13.8 Å². The van der Waals surface area contributed by atoms with Gasteiger partial charge < -0.3 is 5.32 Å². The predicted molar refractivity (Wildman–Crippen MR) is 70.6 cm³/mol. The Kier molecular flexibility index (Phi) is 5.06. The zero-order chi connectivity index (χ0) is 13.8. The van der Waals surface area contributed by atoms with Crippen molar-refractivity contribution in [2.75, 3.05) is 13.6 Å². The second-order valence-electron chi connectivity index (χ2n) is 4.21. The van der Waals surface area contributed by atoms with E-state index in [9.17, 15) is 8.42 Å². The van der Waals surface area contributed by atoms with E-state index in [1.54, 1.807) is 13.1 Å². The minimum atomic E-state index is -3.57. The molecule has 7 heteroatoms. The topological polar surface area (TPSA) is 78.1 Å². The Bertz CT molecular complexity index is 493. The predicted octanol–water partition coefficient (Wildman–Crippen LogP) is 0.714. The maximum atomic E-state index is 12.5. The smallest absolute Gasteiger partial charge is 0.260 e. The van der Waals surface area contributed by atoms with Crippen molar-refractivity contribution in [3.8, 4) is 0 Å². The molecule has 102 valence electrons. The molecule has 0 bridgehead atoms. The molecule has 2 N–H and O–H groups in total. The molecule has 1 aromatic heterocycles. The molecule has 0 amide bonds. The first kappa shape index (κ1) is 14.9. The Morgan fingerprint density at radius 1 is 1.61 bits per heavy atom. The quantitative estimate of drug-likeness (QED) is 0.717. The first-order valence-corrected chi connectivity index (χ1v) is 7.18. The molecule has 0 saturated heterocycles. The molecule has 1 rings (SSSR count). The van der Waals surface area contributed by atoms with Crippen molar-refractivity contribution < 1.29 is 8.42 Å². The summed E-state index contributed by atoms with van der Waals surface area (Å²) >= 11 is 0. The highest BCUT2D eigenvalue weighted by Gasteiger charge is 2.29. The number of H-pyrrole nitrogens is 1. The number of hydrogen-bond donors (Lipinski definition) is 2. The summed E-state index contributed by atoms with van der Waals surface area (Å²) in [6.07, 6.45) is 3.10. The van der Waals surface area contributed by atoms with E-state index < -0.39 is 10.0 Å². The average Bonchev–Trinajstić information content (AvgIpc) is 2.74. The first-order chi connectivity index (χ1) is 8.45. The SMILES string of the molecule is C=CCN(C(C)C)S(=O)(=O)c1[nH]ncc1CNC. The van der Waals surface area contributed by atoms with E-state index in [-0.39, 0.29) is 17.6 Å². The molecule has 0 spiro atoms. The number of rotatable bonds is 7. The Labute approximate surface area is 108 Å². The minimum absolute atomic E-state index is 0.140. The summed E-state index contributed by atoms with van der Waals surface area (Å²) in [4.78, 5) is 0. The van der Waals surface area contributed by atoms with Gasteiger partial charge in [-0.25, -0.2) is 8.42 Å². The molecule has 6 nitrogen and oxygen atoms in total. The van der Waals surface area contributed by atoms with Crippen LogP contribution in [-0.2, 0) is 16.6 Å². The highest BCUT2D eigenvalue weighted by atomic mass is 32.2. The van der Waals surface area contributed by atoms with Crippen LogP contribution in [0.4, 0.5) is 0 Å². The fourth-order valence-corrected chi connectivity index (χ4v) is 3.39. The lowest BCUT2D eigenvalue weighted by molar-refractivity contribution is 0.380. The zero-order valence-corrected chi connectivity index (χ0v) is 11.8. The molecule has 0 aliphatic rings. The molecule has 0 radical (unpaired) electrons. The van der Waals surface area contributed by atoms with Gasteiger partial charge in [0.1, 0.15) is 0 Å². The van der Waals surface area contributed by atoms with Crippen LogP contribution >= 0.6 is 0 Å². The van der Waals surface area contributed by atoms with Gasteiger partial charge in [0, 0.05) is 24.7 Å². The minimum Gasteiger partial charge on any atom is -0.316 e. The molecule has 0 aromatic carbocycles. The van der Waals surface area contributed by atoms with Gasteiger partial charge in [0.25, 0.3) is 10.0 Å². The van der Waals surface area contributed by atoms with Crippen LogP contribution in [0.5, 0.6) is 0 Å². The normalized spacial score (nSPS) is 12.3. The van der Waals surface area contributed by atoms with E-state index in [2.05, 4.69) is 22.1 Å². The molecule has 0 fully saturated rings. The Hall–Kier alpha value is -1.18. The van der Waals surface area contributed by atoms with Gasteiger partial charge in [-0.15, -0.1) is 6.58 Å². The van der Waals surface area contributed by atoms with Gasteiger partial charge in [-0.3, -0.25) is 5.10 Å². The molecule has 0 aliphatic carbocycles. The molecule has 1 heterocycles. The van der Waals surface area contributed by atoms with Crippen molar-refractivity contribution >= 4 is 10.0 Å². The van der Waals surface area contributed by atoms with Crippen molar-refractivity contribution in [2.24, 2.45) is 0 Å². The van der Waals surface area contributed by atoms with E-state index in [0.717, 1.165) is 0 Å². The lowest BCUT2D eigenvalue weighted by Gasteiger charge is -2.24. The van der Waals surface area contributed by atoms with Gasteiger partial charge in [-0.2, -0.15) is 9.40 Å². The zero-order valence-electron chi connectivity index (χ0n) is 11.0. The number of hydrogen-bond acceptors (Lipinski definition) is 4. The van der Waals surface area contributed by atoms with Gasteiger partial charge in [0.05, 0.1) is 6.20 Å². The van der Waals surface area contributed by atoms with Gasteiger partial charge in [-0.05, 0) is 20.9 Å². The lowest BCUT2D eigenvalue weighted by atomic mass is 10.4. The van der Waals surface area contributed by atoms with Crippen molar-refractivity contribution in [1.82, 2.24) is 19.8 Å². The van der Waals surface area contributed by atoms with Crippen molar-refractivity contribution in [1.29, 1.82) is 0 Å². The molecule has 1 aromatic rings. The molecule has 18 heavy (non-hydrogen) atoms. The monoisotopic (exact) mass is 272 g/mol. The third-order valence-corrected chi connectivity index (χ3v) is 4.55. The second-order valence-corrected chi connectivity index (χ2v) is 6.04. The number of aromatic amines is 1. The summed E-state index contributed by atoms with van der Waals surface area (Å²) in [5, 5.41) is 9.45. The van der Waals surface area contributed by atoms with Gasteiger partial charge >= 0.3 is 0 Å². The number of sulfonamides is 1. The Morgan fingerprint density at radius 2 is 2.28 bits per heavy atom. The lowest BCUT2D eigenvalue weighted by Crippen LogP contribution is -2.37. The molecule has 0 unspecified atom stereocenters. The third-order valence-electron chi connectivity index (χ3n) is 2.50. The Balaban J connectivity index is 3.17. The van der Waals surface area contributed by atoms with Crippen LogP contribution in [0.15, 0.2) is 23.9 Å². The summed E-state index contributed by atoms with van der Waals surface area (Å²) < 4.78 is 26.4. The summed E-state index contributed by atoms with van der Waals surface area (Å²) in [6.45, 7) is 7.97. The van der Waals surface area contributed by atoms with E-state index in [0.29, 0.717) is 12.1 Å². The maximum Gasteiger partial charge on any atom is 0.260 e. The standard InChI is InChI=1S/C11H20N4O2S/c1-5-6-15(9(2)3)18(16,17)11-10(7-12-4)8-13-14-11/h5,8-9,12H,1,6-7H2,2-4H3,(H,13,14). The highest BCUT2D eigenvalue weighted by Crippen LogP contribution is 2.19. The summed E-state index contributed by atoms with van der Waals surface area (Å²) in [7, 11) is -1.81. The molecule has 0 saturated carbocycles. The second kappa shape index (κ2) is 6.12. The number of nitrogens with zero attached hydrogens (tertiary/aromatic N) is 2. The van der Waals surface area contributed by atoms with E-state index >= 15 is 0 Å². The summed E-state index contributed by atoms with van der Waals surface area (Å²) in [5.74, 6) is 0. The van der Waals surface area contributed by atoms with Crippen molar-refractivity contribution in [3.63, 3.8) is 0 Å². The van der Waals surface area contributed by atoms with Crippen molar-refractivity contribution in [2.45, 2.75) is 31.5 Å². The van der Waals surface area contributed by atoms with Gasteiger partial charge in [0.2, 0.25) is 0 Å². The van der Waals surface area contributed by atoms with E-state index in [1.165, 1.54) is 10.5 Å². The summed E-state index contributed by atoms with van der Waals surface area (Å²) in [6, 6.07) is -0.140. The van der Waals surface area contributed by atoms with Crippen LogP contribution < -0.4 is 5.32 Å². The third kappa shape index (κ3) is 2.98. The molecule has 0 atom stereocenters. The van der Waals surface area contributed by atoms with Crippen LogP contribution in [0.25, 0.3) is 0 Å². The summed E-state index contributed by atoms with van der Waals surface area (Å²) in [5.41, 5.74) is 0.632. The number of aromatic nitrogens is 2. The van der Waals surface area contributed by atoms with Crippen LogP contribution in [-0.4, -0.2) is 42.6 Å². The fraction of sp³-hybridized carbons (Fsp3) is 0.545. The average molecular weight is 272 g/mol. The van der Waals surface area contributed by atoms with E-state index in [4.69, 9.17) is 0 Å². The van der Waals surface area contributed by atoms with Gasteiger partial charge in [0.15, 0.2) is 5.03 Å². The van der Waals surface area contributed by atoms with Crippen LogP contribution in [0.2, 0.25) is 0 Å². The van der Waals surface area contributed by atoms with Crippen LogP contribution in [0.1, 0.15) is 19.4 Å². The highest BCUT2D eigenvalue weighted by molar-refractivity contribution is 7.89. The molecular weight excluding hydrogens is 252 g/mol. The van der Waals surface area contributed by atoms with Crippen LogP contribution in [0, 0.1) is 0 Å². The fourth-order valence-electron chi connectivity index (χ4n) is 1.67. The van der Waals surface area contributed by atoms with Crippen LogP contribution in [0.3, 0.4) is 0 Å². The number of nitrogens with one attached hydrogen (secondary N) is 2. The first-order valence-electron chi connectivity index (χ1n) is 5.74. The Morgan fingerprint density at radius 3 is 2.78 bits per heavy atom. The largest absolute Gasteiger partial charge is 0.316 e. The molecular formula is C11H20N4O2S.